The van der Waals surface area contributed by atoms with Crippen molar-refractivity contribution >= 4 is 17.5 Å². The summed E-state index contributed by atoms with van der Waals surface area (Å²) in [5.74, 6) is -0.966. The number of hydrogen-bond acceptors (Lipinski definition) is 3. The molecule has 110 valence electrons. The SMILES string of the molecule is CC(=O)N1CCN(c2cc(F)ccc2C(N)=O)CC1.O. The van der Waals surface area contributed by atoms with Gasteiger partial charge in [0.1, 0.15) is 5.82 Å². The molecule has 2 amide bonds. The van der Waals surface area contributed by atoms with Crippen LogP contribution in [0.3, 0.4) is 0 Å². The Kier molecular flexibility index (Phi) is 5.04. The number of rotatable bonds is 2. The molecule has 7 heteroatoms. The van der Waals surface area contributed by atoms with Gasteiger partial charge in [-0.1, -0.05) is 0 Å². The number of benzene rings is 1. The lowest BCUT2D eigenvalue weighted by molar-refractivity contribution is -0.129. The zero-order valence-corrected chi connectivity index (χ0v) is 11.2. The van der Waals surface area contributed by atoms with Crippen LogP contribution in [-0.2, 0) is 4.79 Å². The largest absolute Gasteiger partial charge is 0.412 e. The van der Waals surface area contributed by atoms with E-state index in [1.807, 2.05) is 4.90 Å². The predicted octanol–water partition coefficient (Wildman–Crippen LogP) is -0.232. The van der Waals surface area contributed by atoms with Crippen LogP contribution in [0.5, 0.6) is 0 Å². The maximum atomic E-state index is 13.3. The molecule has 20 heavy (non-hydrogen) atoms. The van der Waals surface area contributed by atoms with E-state index in [4.69, 9.17) is 5.73 Å². The Morgan fingerprint density at radius 3 is 2.30 bits per heavy atom. The van der Waals surface area contributed by atoms with Gasteiger partial charge in [-0.15, -0.1) is 0 Å². The second kappa shape index (κ2) is 6.33. The topological polar surface area (TPSA) is 98.1 Å². The van der Waals surface area contributed by atoms with Gasteiger partial charge in [0.25, 0.3) is 5.91 Å². The van der Waals surface area contributed by atoms with E-state index in [9.17, 15) is 14.0 Å². The summed E-state index contributed by atoms with van der Waals surface area (Å²) >= 11 is 0. The normalized spacial score (nSPS) is 14.7. The number of piperazine rings is 1. The smallest absolute Gasteiger partial charge is 0.250 e. The summed E-state index contributed by atoms with van der Waals surface area (Å²) in [4.78, 5) is 26.2. The second-order valence-electron chi connectivity index (χ2n) is 4.52. The molecule has 0 radical (unpaired) electrons. The molecule has 1 aliphatic rings. The molecule has 1 saturated heterocycles. The third-order valence-corrected chi connectivity index (χ3v) is 3.29. The van der Waals surface area contributed by atoms with Gasteiger partial charge < -0.3 is 21.0 Å². The number of nitrogens with two attached hydrogens (primary N) is 1. The average Bonchev–Trinajstić information content (AvgIpc) is 2.38. The first-order valence-electron chi connectivity index (χ1n) is 6.09. The van der Waals surface area contributed by atoms with E-state index in [0.717, 1.165) is 0 Å². The minimum absolute atomic E-state index is 0. The molecule has 2 rings (SSSR count). The molecule has 0 aliphatic carbocycles. The summed E-state index contributed by atoms with van der Waals surface area (Å²) in [6.45, 7) is 3.76. The zero-order chi connectivity index (χ0) is 14.0. The van der Waals surface area contributed by atoms with Crippen molar-refractivity contribution in [3.8, 4) is 0 Å². The van der Waals surface area contributed by atoms with Gasteiger partial charge in [-0.25, -0.2) is 4.39 Å². The fourth-order valence-electron chi connectivity index (χ4n) is 2.24. The van der Waals surface area contributed by atoms with Gasteiger partial charge in [-0.05, 0) is 18.2 Å². The summed E-state index contributed by atoms with van der Waals surface area (Å²) < 4.78 is 13.3. The number of carbonyl (C=O) groups excluding carboxylic acids is 2. The molecular weight excluding hydrogens is 265 g/mol. The molecule has 1 aromatic carbocycles. The fraction of sp³-hybridized carbons (Fsp3) is 0.385. The van der Waals surface area contributed by atoms with Crippen molar-refractivity contribution < 1.29 is 19.5 Å². The molecule has 0 atom stereocenters. The Morgan fingerprint density at radius 1 is 1.20 bits per heavy atom. The molecule has 1 fully saturated rings. The van der Waals surface area contributed by atoms with Crippen LogP contribution >= 0.6 is 0 Å². The first kappa shape index (κ1) is 15.9. The number of primary amides is 1. The van der Waals surface area contributed by atoms with Crippen LogP contribution in [0.25, 0.3) is 0 Å². The van der Waals surface area contributed by atoms with Crippen LogP contribution in [0.4, 0.5) is 10.1 Å². The fourth-order valence-corrected chi connectivity index (χ4v) is 2.24. The Morgan fingerprint density at radius 2 is 1.80 bits per heavy atom. The molecule has 0 unspecified atom stereocenters. The molecule has 0 aromatic heterocycles. The Labute approximate surface area is 116 Å². The van der Waals surface area contributed by atoms with Crippen LogP contribution in [0.2, 0.25) is 0 Å². The van der Waals surface area contributed by atoms with Gasteiger partial charge >= 0.3 is 0 Å². The second-order valence-corrected chi connectivity index (χ2v) is 4.52. The summed E-state index contributed by atoms with van der Waals surface area (Å²) in [6.07, 6.45) is 0. The molecule has 0 spiro atoms. The first-order valence-corrected chi connectivity index (χ1v) is 6.09. The molecule has 0 bridgehead atoms. The van der Waals surface area contributed by atoms with Gasteiger partial charge in [-0.3, -0.25) is 9.59 Å². The Bertz CT molecular complexity index is 514. The van der Waals surface area contributed by atoms with Crippen LogP contribution in [0.1, 0.15) is 17.3 Å². The van der Waals surface area contributed by atoms with Crippen molar-refractivity contribution in [2.45, 2.75) is 6.92 Å². The maximum Gasteiger partial charge on any atom is 0.250 e. The van der Waals surface area contributed by atoms with Crippen molar-refractivity contribution in [3.05, 3.63) is 29.6 Å². The molecule has 0 saturated carbocycles. The highest BCUT2D eigenvalue weighted by Crippen LogP contribution is 2.23. The number of nitrogens with zero attached hydrogens (tertiary/aromatic N) is 2. The lowest BCUT2D eigenvalue weighted by atomic mass is 10.1. The number of amides is 2. The average molecular weight is 283 g/mol. The summed E-state index contributed by atoms with van der Waals surface area (Å²) in [6, 6.07) is 3.92. The van der Waals surface area contributed by atoms with E-state index >= 15 is 0 Å². The molecule has 1 aromatic rings. The van der Waals surface area contributed by atoms with Crippen molar-refractivity contribution in [1.82, 2.24) is 4.90 Å². The highest BCUT2D eigenvalue weighted by Gasteiger charge is 2.22. The number of hydrogen-bond donors (Lipinski definition) is 1. The Balaban J connectivity index is 0.00000200. The quantitative estimate of drug-likeness (QED) is 0.811. The van der Waals surface area contributed by atoms with Gasteiger partial charge in [0, 0.05) is 33.1 Å². The monoisotopic (exact) mass is 283 g/mol. The van der Waals surface area contributed by atoms with Crippen LogP contribution in [0.15, 0.2) is 18.2 Å². The minimum atomic E-state index is -0.580. The number of halogens is 1. The van der Waals surface area contributed by atoms with Crippen molar-refractivity contribution in [1.29, 1.82) is 0 Å². The van der Waals surface area contributed by atoms with Gasteiger partial charge in [0.2, 0.25) is 5.91 Å². The van der Waals surface area contributed by atoms with E-state index in [1.54, 1.807) is 4.90 Å². The number of anilines is 1. The van der Waals surface area contributed by atoms with E-state index in [-0.39, 0.29) is 11.4 Å². The lowest BCUT2D eigenvalue weighted by Crippen LogP contribution is -2.48. The van der Waals surface area contributed by atoms with Gasteiger partial charge in [0.05, 0.1) is 11.3 Å². The summed E-state index contributed by atoms with van der Waals surface area (Å²) in [7, 11) is 0. The van der Waals surface area contributed by atoms with E-state index < -0.39 is 11.7 Å². The highest BCUT2D eigenvalue weighted by molar-refractivity contribution is 5.98. The summed E-state index contributed by atoms with van der Waals surface area (Å²) in [5.41, 5.74) is 6.09. The van der Waals surface area contributed by atoms with E-state index in [1.165, 1.54) is 25.1 Å². The molecule has 6 nitrogen and oxygen atoms in total. The number of carbonyl (C=O) groups is 2. The molecule has 4 N–H and O–H groups in total. The predicted molar refractivity (Wildman–Crippen MR) is 73.0 cm³/mol. The minimum Gasteiger partial charge on any atom is -0.412 e. The molecule has 1 aliphatic heterocycles. The van der Waals surface area contributed by atoms with Crippen LogP contribution in [0, 0.1) is 5.82 Å². The van der Waals surface area contributed by atoms with Crippen LogP contribution < -0.4 is 10.6 Å². The molecule has 1 heterocycles. The lowest BCUT2D eigenvalue weighted by Gasteiger charge is -2.36. The van der Waals surface area contributed by atoms with Gasteiger partial charge in [0.15, 0.2) is 0 Å². The maximum absolute atomic E-state index is 13.3. The van der Waals surface area contributed by atoms with Gasteiger partial charge in [-0.2, -0.15) is 0 Å². The van der Waals surface area contributed by atoms with Crippen molar-refractivity contribution in [2.24, 2.45) is 5.73 Å². The third kappa shape index (κ3) is 3.24. The van der Waals surface area contributed by atoms with Crippen molar-refractivity contribution in [2.75, 3.05) is 31.1 Å². The van der Waals surface area contributed by atoms with Crippen molar-refractivity contribution in [3.63, 3.8) is 0 Å². The molecular formula is C13H18FN3O3. The highest BCUT2D eigenvalue weighted by atomic mass is 19.1. The first-order chi connectivity index (χ1) is 8.99. The Hall–Kier alpha value is -2.15. The summed E-state index contributed by atoms with van der Waals surface area (Å²) in [5, 5.41) is 0. The third-order valence-electron chi connectivity index (χ3n) is 3.29. The van der Waals surface area contributed by atoms with Crippen LogP contribution in [-0.4, -0.2) is 48.4 Å². The zero-order valence-electron chi connectivity index (χ0n) is 11.2. The van der Waals surface area contributed by atoms with E-state index in [2.05, 4.69) is 0 Å². The standard InChI is InChI=1S/C13H16FN3O2.H2O/c1-9(18)16-4-6-17(7-5-16)12-8-10(14)2-3-11(12)13(15)19;/h2-3,8H,4-7H2,1H3,(H2,15,19);1H2. The van der Waals surface area contributed by atoms with E-state index in [0.29, 0.717) is 37.4 Å².